The van der Waals surface area contributed by atoms with Gasteiger partial charge in [0.15, 0.2) is 0 Å². The summed E-state index contributed by atoms with van der Waals surface area (Å²) >= 11 is 0. The van der Waals surface area contributed by atoms with Gasteiger partial charge in [0, 0.05) is 6.04 Å². The van der Waals surface area contributed by atoms with Crippen molar-refractivity contribution in [2.45, 2.75) is 53.5 Å². The summed E-state index contributed by atoms with van der Waals surface area (Å²) in [6, 6.07) is 0.387. The maximum Gasteiger partial charge on any atom is 0.0124 e. The van der Waals surface area contributed by atoms with Gasteiger partial charge in [0.1, 0.15) is 0 Å². The number of hydrogen-bond donors (Lipinski definition) is 1. The highest BCUT2D eigenvalue weighted by Gasteiger charge is 2.48. The van der Waals surface area contributed by atoms with E-state index in [4.69, 9.17) is 5.73 Å². The molecule has 1 fully saturated rings. The topological polar surface area (TPSA) is 26.0 Å². The molecular formula is C11H23N. The van der Waals surface area contributed by atoms with Crippen LogP contribution in [0.1, 0.15) is 47.5 Å². The first-order chi connectivity index (χ1) is 5.29. The molecule has 2 N–H and O–H groups in total. The lowest BCUT2D eigenvalue weighted by Gasteiger charge is -2.43. The van der Waals surface area contributed by atoms with Crippen molar-refractivity contribution in [1.82, 2.24) is 0 Å². The van der Waals surface area contributed by atoms with Crippen molar-refractivity contribution in [3.05, 3.63) is 0 Å². The monoisotopic (exact) mass is 169 g/mol. The van der Waals surface area contributed by atoms with Crippen molar-refractivity contribution in [3.8, 4) is 0 Å². The zero-order valence-electron chi connectivity index (χ0n) is 9.15. The number of rotatable bonds is 0. The molecule has 0 aromatic rings. The average Bonchev–Trinajstić information content (AvgIpc) is 2.16. The Balaban J connectivity index is 2.86. The molecule has 1 nitrogen and oxygen atoms in total. The van der Waals surface area contributed by atoms with E-state index in [-0.39, 0.29) is 0 Å². The highest BCUT2D eigenvalue weighted by molar-refractivity contribution is 5.01. The van der Waals surface area contributed by atoms with Crippen LogP contribution in [0.5, 0.6) is 0 Å². The predicted octanol–water partition coefficient (Wildman–Crippen LogP) is 2.80. The van der Waals surface area contributed by atoms with Crippen LogP contribution in [-0.2, 0) is 0 Å². The molecule has 1 saturated carbocycles. The maximum absolute atomic E-state index is 6.24. The van der Waals surface area contributed by atoms with E-state index < -0.39 is 0 Å². The molecule has 0 aromatic heterocycles. The molecule has 72 valence electrons. The Labute approximate surface area is 76.7 Å². The molecule has 0 radical (unpaired) electrons. The maximum atomic E-state index is 6.24. The van der Waals surface area contributed by atoms with Gasteiger partial charge in [-0.25, -0.2) is 0 Å². The Morgan fingerprint density at radius 3 is 2.00 bits per heavy atom. The SMILES string of the molecule is CC1CCC(C)(C(C)(C)C)[C@@H]1N. The van der Waals surface area contributed by atoms with E-state index >= 15 is 0 Å². The molecule has 12 heavy (non-hydrogen) atoms. The van der Waals surface area contributed by atoms with E-state index in [9.17, 15) is 0 Å². The van der Waals surface area contributed by atoms with Crippen molar-refractivity contribution in [2.75, 3.05) is 0 Å². The zero-order chi connectivity index (χ0) is 9.57. The number of nitrogens with two attached hydrogens (primary N) is 1. The first kappa shape index (κ1) is 10.0. The molecular weight excluding hydrogens is 146 g/mol. The fourth-order valence-corrected chi connectivity index (χ4v) is 2.38. The Morgan fingerprint density at radius 1 is 1.33 bits per heavy atom. The van der Waals surface area contributed by atoms with Gasteiger partial charge in [-0.3, -0.25) is 0 Å². The Morgan fingerprint density at radius 2 is 1.83 bits per heavy atom. The molecule has 0 amide bonds. The van der Waals surface area contributed by atoms with Gasteiger partial charge < -0.3 is 5.73 Å². The molecule has 1 aliphatic rings. The van der Waals surface area contributed by atoms with Gasteiger partial charge in [-0.1, -0.05) is 34.6 Å². The second-order valence-corrected chi connectivity index (χ2v) is 5.71. The van der Waals surface area contributed by atoms with E-state index in [1.54, 1.807) is 0 Å². The zero-order valence-corrected chi connectivity index (χ0v) is 9.15. The second-order valence-electron chi connectivity index (χ2n) is 5.71. The average molecular weight is 169 g/mol. The van der Waals surface area contributed by atoms with Crippen LogP contribution in [0.15, 0.2) is 0 Å². The van der Waals surface area contributed by atoms with Crippen LogP contribution in [0.4, 0.5) is 0 Å². The highest BCUT2D eigenvalue weighted by Crippen LogP contribution is 2.51. The quantitative estimate of drug-likeness (QED) is 0.593. The van der Waals surface area contributed by atoms with Crippen LogP contribution in [-0.4, -0.2) is 6.04 Å². The predicted molar refractivity (Wildman–Crippen MR) is 53.9 cm³/mol. The molecule has 0 heterocycles. The lowest BCUT2D eigenvalue weighted by Crippen LogP contribution is -2.46. The Hall–Kier alpha value is -0.0400. The van der Waals surface area contributed by atoms with Crippen molar-refractivity contribution in [2.24, 2.45) is 22.5 Å². The van der Waals surface area contributed by atoms with E-state index in [1.165, 1.54) is 12.8 Å². The van der Waals surface area contributed by atoms with Gasteiger partial charge in [-0.2, -0.15) is 0 Å². The van der Waals surface area contributed by atoms with Crippen LogP contribution in [0.25, 0.3) is 0 Å². The standard InChI is InChI=1S/C11H23N/c1-8-6-7-11(5,9(8)12)10(2,3)4/h8-9H,6-7,12H2,1-5H3/t8?,9-,11?/m1/s1. The highest BCUT2D eigenvalue weighted by atomic mass is 14.8. The van der Waals surface area contributed by atoms with Crippen LogP contribution in [0.2, 0.25) is 0 Å². The summed E-state index contributed by atoms with van der Waals surface area (Å²) in [6.07, 6.45) is 2.59. The minimum atomic E-state index is 0.340. The third kappa shape index (κ3) is 1.28. The summed E-state index contributed by atoms with van der Waals surface area (Å²) in [7, 11) is 0. The molecule has 0 aromatic carbocycles. The minimum Gasteiger partial charge on any atom is -0.327 e. The molecule has 0 aliphatic heterocycles. The molecule has 0 spiro atoms. The molecule has 2 unspecified atom stereocenters. The van der Waals surface area contributed by atoms with E-state index in [1.807, 2.05) is 0 Å². The van der Waals surface area contributed by atoms with E-state index in [2.05, 4.69) is 34.6 Å². The molecule has 1 aliphatic carbocycles. The lowest BCUT2D eigenvalue weighted by molar-refractivity contribution is 0.0899. The first-order valence-corrected chi connectivity index (χ1v) is 5.04. The van der Waals surface area contributed by atoms with Crippen LogP contribution < -0.4 is 5.73 Å². The van der Waals surface area contributed by atoms with E-state index in [0.717, 1.165) is 0 Å². The molecule has 0 saturated heterocycles. The van der Waals surface area contributed by atoms with Crippen molar-refractivity contribution in [1.29, 1.82) is 0 Å². The minimum absolute atomic E-state index is 0.340. The van der Waals surface area contributed by atoms with Gasteiger partial charge in [-0.05, 0) is 29.6 Å². The normalized spacial score (nSPS) is 43.5. The van der Waals surface area contributed by atoms with E-state index in [0.29, 0.717) is 22.8 Å². The Bertz CT molecular complexity index is 168. The smallest absolute Gasteiger partial charge is 0.0124 e. The van der Waals surface area contributed by atoms with Gasteiger partial charge in [-0.15, -0.1) is 0 Å². The summed E-state index contributed by atoms with van der Waals surface area (Å²) < 4.78 is 0. The molecule has 0 bridgehead atoms. The first-order valence-electron chi connectivity index (χ1n) is 5.04. The van der Waals surface area contributed by atoms with Crippen LogP contribution >= 0.6 is 0 Å². The van der Waals surface area contributed by atoms with Crippen molar-refractivity contribution in [3.63, 3.8) is 0 Å². The van der Waals surface area contributed by atoms with Gasteiger partial charge in [0.2, 0.25) is 0 Å². The molecule has 1 rings (SSSR count). The van der Waals surface area contributed by atoms with Gasteiger partial charge >= 0.3 is 0 Å². The van der Waals surface area contributed by atoms with Gasteiger partial charge in [0.25, 0.3) is 0 Å². The molecule has 3 atom stereocenters. The van der Waals surface area contributed by atoms with Crippen molar-refractivity contribution < 1.29 is 0 Å². The van der Waals surface area contributed by atoms with Gasteiger partial charge in [0.05, 0.1) is 0 Å². The lowest BCUT2D eigenvalue weighted by atomic mass is 9.64. The fourth-order valence-electron chi connectivity index (χ4n) is 2.38. The summed E-state index contributed by atoms with van der Waals surface area (Å²) in [4.78, 5) is 0. The van der Waals surface area contributed by atoms with Crippen LogP contribution in [0, 0.1) is 16.7 Å². The van der Waals surface area contributed by atoms with Crippen LogP contribution in [0.3, 0.4) is 0 Å². The Kier molecular flexibility index (Phi) is 2.28. The number of hydrogen-bond acceptors (Lipinski definition) is 1. The summed E-state index contributed by atoms with van der Waals surface area (Å²) in [5, 5.41) is 0. The molecule has 1 heteroatoms. The summed E-state index contributed by atoms with van der Waals surface area (Å²) in [5.41, 5.74) is 6.93. The second kappa shape index (κ2) is 2.73. The summed E-state index contributed by atoms with van der Waals surface area (Å²) in [5.74, 6) is 0.703. The summed E-state index contributed by atoms with van der Waals surface area (Å²) in [6.45, 7) is 11.6. The largest absolute Gasteiger partial charge is 0.327 e. The third-order valence-corrected chi connectivity index (χ3v) is 4.18. The van der Waals surface area contributed by atoms with Crippen molar-refractivity contribution >= 4 is 0 Å². The third-order valence-electron chi connectivity index (χ3n) is 4.18. The fraction of sp³-hybridized carbons (Fsp3) is 1.00.